The Morgan fingerprint density at radius 1 is 1.50 bits per heavy atom. The number of H-pyrrole nitrogens is 1. The number of fused-ring (bicyclic) bond motifs is 1. The Morgan fingerprint density at radius 3 is 3.00 bits per heavy atom. The molecule has 1 aromatic heterocycles. The molecule has 2 rings (SSSR count). The number of aromatic amines is 1. The Kier molecular flexibility index (Phi) is 4.04. The second-order valence-electron chi connectivity index (χ2n) is 3.75. The number of hydrogen-bond donors (Lipinski definition) is 1. The van der Waals surface area contributed by atoms with Crippen molar-refractivity contribution in [2.75, 3.05) is 12.9 Å². The third-order valence-electron chi connectivity index (χ3n) is 2.48. The average molecular weight is 262 g/mol. The quantitative estimate of drug-likeness (QED) is 0.523. The average Bonchev–Trinajstić information content (AvgIpc) is 2.80. The zero-order chi connectivity index (χ0) is 13.0. The molecule has 2 aromatic rings. The number of aromatic nitrogens is 2. The minimum Gasteiger partial charge on any atom is -0.466 e. The van der Waals surface area contributed by atoms with E-state index in [1.165, 1.54) is 7.11 Å². The molecule has 0 bridgehead atoms. The first-order valence-electron chi connectivity index (χ1n) is 5.53. The lowest BCUT2D eigenvalue weighted by molar-refractivity contribution is -0.136. The Hall–Kier alpha value is -1.75. The minimum absolute atomic E-state index is 0.291. The van der Waals surface area contributed by atoms with Gasteiger partial charge in [0.2, 0.25) is 0 Å². The van der Waals surface area contributed by atoms with Crippen LogP contribution in [0.25, 0.3) is 11.0 Å². The van der Waals surface area contributed by atoms with Crippen LogP contribution in [0.4, 0.5) is 0 Å². The van der Waals surface area contributed by atoms with Crippen molar-refractivity contribution in [2.45, 2.75) is 12.1 Å². The maximum absolute atomic E-state index is 11.2. The molecule has 4 nitrogen and oxygen atoms in total. The van der Waals surface area contributed by atoms with Gasteiger partial charge in [0.15, 0.2) is 5.16 Å². The van der Waals surface area contributed by atoms with E-state index in [9.17, 15) is 4.79 Å². The van der Waals surface area contributed by atoms with Crippen LogP contribution in [-0.4, -0.2) is 28.8 Å². The fourth-order valence-corrected chi connectivity index (χ4v) is 2.32. The van der Waals surface area contributed by atoms with Crippen molar-refractivity contribution in [3.05, 3.63) is 35.9 Å². The van der Waals surface area contributed by atoms with Crippen molar-refractivity contribution in [1.29, 1.82) is 0 Å². The number of methoxy groups -OCH3 is 1. The van der Waals surface area contributed by atoms with Gasteiger partial charge >= 0.3 is 5.97 Å². The first kappa shape index (κ1) is 12.7. The summed E-state index contributed by atoms with van der Waals surface area (Å²) in [6.45, 7) is 1.74. The number of hydrogen-bond acceptors (Lipinski definition) is 4. The molecule has 0 aliphatic carbocycles. The molecule has 5 heteroatoms. The molecule has 0 aliphatic heterocycles. The van der Waals surface area contributed by atoms with Gasteiger partial charge in [-0.3, -0.25) is 0 Å². The third kappa shape index (κ3) is 2.92. The number of benzene rings is 1. The molecule has 0 aliphatic rings. The summed E-state index contributed by atoms with van der Waals surface area (Å²) < 4.78 is 4.62. The molecule has 0 amide bonds. The Balaban J connectivity index is 2.00. The van der Waals surface area contributed by atoms with Gasteiger partial charge in [-0.25, -0.2) is 9.78 Å². The highest BCUT2D eigenvalue weighted by atomic mass is 32.2. The molecule has 1 N–H and O–H groups in total. The molecule has 0 radical (unpaired) electrons. The van der Waals surface area contributed by atoms with Crippen LogP contribution < -0.4 is 0 Å². The van der Waals surface area contributed by atoms with Crippen LogP contribution in [0.5, 0.6) is 0 Å². The van der Waals surface area contributed by atoms with Gasteiger partial charge in [-0.1, -0.05) is 30.0 Å². The number of carbonyl (C=O) groups excluding carboxylic acids is 1. The number of ether oxygens (including phenoxy) is 1. The van der Waals surface area contributed by atoms with Crippen molar-refractivity contribution < 1.29 is 9.53 Å². The summed E-state index contributed by atoms with van der Waals surface area (Å²) in [6, 6.07) is 7.88. The molecule has 0 saturated heterocycles. The Bertz CT molecular complexity index is 556. The largest absolute Gasteiger partial charge is 0.466 e. The molecule has 94 valence electrons. The highest BCUT2D eigenvalue weighted by Crippen LogP contribution is 2.19. The summed E-state index contributed by atoms with van der Waals surface area (Å²) in [5.74, 6) is 0.390. The number of carbonyl (C=O) groups is 1. The number of rotatable bonds is 4. The van der Waals surface area contributed by atoms with Crippen molar-refractivity contribution in [3.63, 3.8) is 0 Å². The van der Waals surface area contributed by atoms with E-state index in [0.717, 1.165) is 16.2 Å². The van der Waals surface area contributed by atoms with Crippen molar-refractivity contribution >= 4 is 28.8 Å². The van der Waals surface area contributed by atoms with Crippen LogP contribution in [-0.2, 0) is 9.53 Å². The maximum Gasteiger partial charge on any atom is 0.333 e. The summed E-state index contributed by atoms with van der Waals surface area (Å²) in [6.07, 6.45) is 1.84. The molecular weight excluding hydrogens is 248 g/mol. The van der Waals surface area contributed by atoms with E-state index in [-0.39, 0.29) is 5.97 Å². The van der Waals surface area contributed by atoms with Crippen molar-refractivity contribution in [2.24, 2.45) is 0 Å². The van der Waals surface area contributed by atoms with Gasteiger partial charge < -0.3 is 9.72 Å². The fourth-order valence-electron chi connectivity index (χ4n) is 1.49. The third-order valence-corrected chi connectivity index (χ3v) is 3.28. The molecule has 0 spiro atoms. The van der Waals surface area contributed by atoms with E-state index in [2.05, 4.69) is 14.7 Å². The van der Waals surface area contributed by atoms with E-state index in [1.807, 2.05) is 30.3 Å². The van der Waals surface area contributed by atoms with Gasteiger partial charge in [-0.2, -0.15) is 0 Å². The second kappa shape index (κ2) is 5.73. The van der Waals surface area contributed by atoms with Crippen molar-refractivity contribution in [3.8, 4) is 0 Å². The van der Waals surface area contributed by atoms with E-state index in [1.54, 1.807) is 18.7 Å². The monoisotopic (exact) mass is 262 g/mol. The highest BCUT2D eigenvalue weighted by Gasteiger charge is 2.04. The zero-order valence-corrected chi connectivity index (χ0v) is 11.1. The van der Waals surface area contributed by atoms with Crippen LogP contribution in [0.2, 0.25) is 0 Å². The number of thioether (sulfide) groups is 1. The van der Waals surface area contributed by atoms with Gasteiger partial charge in [-0.15, -0.1) is 0 Å². The molecule has 1 aromatic carbocycles. The lowest BCUT2D eigenvalue weighted by Crippen LogP contribution is -2.01. The Labute approximate surface area is 109 Å². The molecule has 18 heavy (non-hydrogen) atoms. The minimum atomic E-state index is -0.291. The summed E-state index contributed by atoms with van der Waals surface area (Å²) in [7, 11) is 1.38. The molecule has 0 fully saturated rings. The SMILES string of the molecule is COC(=O)C(C)=CCSc1nc2ccccc2[nH]1. The fraction of sp³-hybridized carbons (Fsp3) is 0.231. The summed E-state index contributed by atoms with van der Waals surface area (Å²) in [4.78, 5) is 18.8. The number of para-hydroxylation sites is 2. The smallest absolute Gasteiger partial charge is 0.333 e. The van der Waals surface area contributed by atoms with Crippen molar-refractivity contribution in [1.82, 2.24) is 9.97 Å². The van der Waals surface area contributed by atoms with E-state index < -0.39 is 0 Å². The number of nitrogens with one attached hydrogen (secondary N) is 1. The van der Waals surface area contributed by atoms with Gasteiger partial charge in [0.25, 0.3) is 0 Å². The normalized spacial score (nSPS) is 11.8. The Morgan fingerprint density at radius 2 is 2.28 bits per heavy atom. The summed E-state index contributed by atoms with van der Waals surface area (Å²) in [5, 5.41) is 0.852. The first-order valence-corrected chi connectivity index (χ1v) is 6.52. The highest BCUT2D eigenvalue weighted by molar-refractivity contribution is 7.99. The predicted molar refractivity (Wildman–Crippen MR) is 72.6 cm³/mol. The molecule has 0 unspecified atom stereocenters. The second-order valence-corrected chi connectivity index (χ2v) is 4.76. The summed E-state index contributed by atoms with van der Waals surface area (Å²) >= 11 is 1.55. The number of nitrogens with zero attached hydrogens (tertiary/aromatic N) is 1. The van der Waals surface area contributed by atoms with E-state index in [0.29, 0.717) is 11.3 Å². The zero-order valence-electron chi connectivity index (χ0n) is 10.3. The van der Waals surface area contributed by atoms with Crippen LogP contribution in [0, 0.1) is 0 Å². The molecule has 0 saturated carbocycles. The van der Waals surface area contributed by atoms with Gasteiger partial charge in [0.1, 0.15) is 0 Å². The van der Waals surface area contributed by atoms with Crippen LogP contribution in [0.1, 0.15) is 6.92 Å². The standard InChI is InChI=1S/C13H14N2O2S/c1-9(12(16)17-2)7-8-18-13-14-10-5-3-4-6-11(10)15-13/h3-7H,8H2,1-2H3,(H,14,15). The van der Waals surface area contributed by atoms with Crippen LogP contribution >= 0.6 is 11.8 Å². The lowest BCUT2D eigenvalue weighted by Gasteiger charge is -1.97. The van der Waals surface area contributed by atoms with Gasteiger partial charge in [0, 0.05) is 11.3 Å². The van der Waals surface area contributed by atoms with E-state index >= 15 is 0 Å². The predicted octanol–water partition coefficient (Wildman–Crippen LogP) is 2.77. The van der Waals surface area contributed by atoms with Gasteiger partial charge in [0.05, 0.1) is 18.1 Å². The lowest BCUT2D eigenvalue weighted by atomic mass is 10.3. The summed E-state index contributed by atoms with van der Waals surface area (Å²) in [5.41, 5.74) is 2.59. The topological polar surface area (TPSA) is 55.0 Å². The maximum atomic E-state index is 11.2. The molecule has 1 heterocycles. The van der Waals surface area contributed by atoms with Crippen LogP contribution in [0.15, 0.2) is 41.1 Å². The van der Waals surface area contributed by atoms with Crippen LogP contribution in [0.3, 0.4) is 0 Å². The number of imidazole rings is 1. The molecule has 0 atom stereocenters. The number of esters is 1. The van der Waals surface area contributed by atoms with Gasteiger partial charge in [-0.05, 0) is 19.1 Å². The van der Waals surface area contributed by atoms with E-state index in [4.69, 9.17) is 0 Å². The molecular formula is C13H14N2O2S. The first-order chi connectivity index (χ1) is 8.70.